The third kappa shape index (κ3) is 4.12. The number of carbonyl (C=O) groups is 2. The minimum absolute atomic E-state index is 0.0564. The number of halogens is 2. The van der Waals surface area contributed by atoms with Gasteiger partial charge in [0.05, 0.1) is 6.54 Å². The molecule has 2 rings (SSSR count). The average molecular weight is 315 g/mol. The highest BCUT2D eigenvalue weighted by atomic mass is 35.5. The molecule has 1 heterocycles. The normalized spacial score (nSPS) is 14.7. The van der Waals surface area contributed by atoms with Gasteiger partial charge < -0.3 is 10.2 Å². The first kappa shape index (κ1) is 15.1. The molecule has 0 unspecified atom stereocenters. The number of benzene rings is 1. The Hall–Kier alpha value is -1.26. The maximum Gasteiger partial charge on any atom is 0.239 e. The summed E-state index contributed by atoms with van der Waals surface area (Å²) in [5, 5.41) is 3.99. The highest BCUT2D eigenvalue weighted by Gasteiger charge is 2.21. The van der Waals surface area contributed by atoms with Gasteiger partial charge in [0.2, 0.25) is 11.8 Å². The molecular formula is C14H16Cl2N2O2. The summed E-state index contributed by atoms with van der Waals surface area (Å²) < 4.78 is 0. The SMILES string of the molecule is O=C(CN1CCCC1=O)NCCc1ccc(Cl)cc1Cl. The Morgan fingerprint density at radius 1 is 1.35 bits per heavy atom. The Labute approximate surface area is 128 Å². The number of nitrogens with zero attached hydrogens (tertiary/aromatic N) is 1. The average Bonchev–Trinajstić information content (AvgIpc) is 2.78. The summed E-state index contributed by atoms with van der Waals surface area (Å²) in [6, 6.07) is 5.30. The van der Waals surface area contributed by atoms with Crippen LogP contribution in [0.15, 0.2) is 18.2 Å². The number of likely N-dealkylation sites (tertiary alicyclic amines) is 1. The minimum Gasteiger partial charge on any atom is -0.354 e. The van der Waals surface area contributed by atoms with Crippen molar-refractivity contribution in [2.75, 3.05) is 19.6 Å². The number of carbonyl (C=O) groups excluding carboxylic acids is 2. The molecule has 0 atom stereocenters. The summed E-state index contributed by atoms with van der Waals surface area (Å²) in [6.07, 6.45) is 2.02. The van der Waals surface area contributed by atoms with E-state index in [0.717, 1.165) is 12.0 Å². The standard InChI is InChI=1S/C14H16Cl2N2O2/c15-11-4-3-10(12(16)8-11)5-6-17-13(19)9-18-7-1-2-14(18)20/h3-4,8H,1-2,5-7,9H2,(H,17,19). The fraction of sp³-hybridized carbons (Fsp3) is 0.429. The lowest BCUT2D eigenvalue weighted by molar-refractivity contribution is -0.133. The Kier molecular flexibility index (Phi) is 5.26. The van der Waals surface area contributed by atoms with E-state index in [1.807, 2.05) is 6.07 Å². The van der Waals surface area contributed by atoms with E-state index >= 15 is 0 Å². The lowest BCUT2D eigenvalue weighted by atomic mass is 10.1. The van der Waals surface area contributed by atoms with Gasteiger partial charge in [-0.25, -0.2) is 0 Å². The predicted octanol–water partition coefficient (Wildman–Crippen LogP) is 2.27. The molecule has 1 aromatic carbocycles. The van der Waals surface area contributed by atoms with Crippen molar-refractivity contribution in [1.82, 2.24) is 10.2 Å². The van der Waals surface area contributed by atoms with Crippen LogP contribution < -0.4 is 5.32 Å². The molecule has 2 amide bonds. The van der Waals surface area contributed by atoms with Crippen molar-refractivity contribution in [1.29, 1.82) is 0 Å². The Balaban J connectivity index is 1.75. The summed E-state index contributed by atoms with van der Waals surface area (Å²) in [7, 11) is 0. The topological polar surface area (TPSA) is 49.4 Å². The summed E-state index contributed by atoms with van der Waals surface area (Å²) in [5.41, 5.74) is 0.939. The molecule has 4 nitrogen and oxygen atoms in total. The quantitative estimate of drug-likeness (QED) is 0.906. The molecule has 0 aliphatic carbocycles. The molecular weight excluding hydrogens is 299 g/mol. The molecule has 20 heavy (non-hydrogen) atoms. The van der Waals surface area contributed by atoms with Crippen LogP contribution in [-0.4, -0.2) is 36.3 Å². The van der Waals surface area contributed by atoms with Crippen molar-refractivity contribution in [3.63, 3.8) is 0 Å². The van der Waals surface area contributed by atoms with E-state index in [9.17, 15) is 9.59 Å². The molecule has 0 spiro atoms. The minimum atomic E-state index is -0.134. The third-order valence-electron chi connectivity index (χ3n) is 3.24. The Morgan fingerprint density at radius 2 is 2.15 bits per heavy atom. The number of nitrogens with one attached hydrogen (secondary N) is 1. The van der Waals surface area contributed by atoms with Crippen molar-refractivity contribution in [3.8, 4) is 0 Å². The first-order valence-electron chi connectivity index (χ1n) is 6.54. The molecule has 1 saturated heterocycles. The second kappa shape index (κ2) is 6.95. The zero-order valence-electron chi connectivity index (χ0n) is 11.0. The van der Waals surface area contributed by atoms with Crippen molar-refractivity contribution in [3.05, 3.63) is 33.8 Å². The van der Waals surface area contributed by atoms with Gasteiger partial charge in [-0.3, -0.25) is 9.59 Å². The number of amides is 2. The molecule has 1 aliphatic rings. The van der Waals surface area contributed by atoms with Crippen LogP contribution in [0.5, 0.6) is 0 Å². The van der Waals surface area contributed by atoms with Crippen molar-refractivity contribution in [2.45, 2.75) is 19.3 Å². The zero-order valence-corrected chi connectivity index (χ0v) is 12.5. The molecule has 0 bridgehead atoms. The highest BCUT2D eigenvalue weighted by Crippen LogP contribution is 2.21. The molecule has 6 heteroatoms. The van der Waals surface area contributed by atoms with Crippen LogP contribution >= 0.6 is 23.2 Å². The molecule has 0 aromatic heterocycles. The van der Waals surface area contributed by atoms with Crippen LogP contribution in [0.25, 0.3) is 0 Å². The second-order valence-corrected chi connectivity index (χ2v) is 5.60. The second-order valence-electron chi connectivity index (χ2n) is 4.75. The lowest BCUT2D eigenvalue weighted by Gasteiger charge is -2.15. The predicted molar refractivity (Wildman–Crippen MR) is 79.0 cm³/mol. The van der Waals surface area contributed by atoms with E-state index in [1.165, 1.54) is 0 Å². The molecule has 1 fully saturated rings. The van der Waals surface area contributed by atoms with Gasteiger partial charge in [-0.1, -0.05) is 29.3 Å². The van der Waals surface area contributed by atoms with E-state index < -0.39 is 0 Å². The van der Waals surface area contributed by atoms with Gasteiger partial charge in [0.15, 0.2) is 0 Å². The highest BCUT2D eigenvalue weighted by molar-refractivity contribution is 6.35. The van der Waals surface area contributed by atoms with Gasteiger partial charge >= 0.3 is 0 Å². The fourth-order valence-corrected chi connectivity index (χ4v) is 2.66. The van der Waals surface area contributed by atoms with Gasteiger partial charge in [-0.15, -0.1) is 0 Å². The molecule has 1 aromatic rings. The zero-order chi connectivity index (χ0) is 14.5. The summed E-state index contributed by atoms with van der Waals surface area (Å²) in [4.78, 5) is 24.7. The van der Waals surface area contributed by atoms with Gasteiger partial charge in [0, 0.05) is 29.6 Å². The summed E-state index contributed by atoms with van der Waals surface area (Å²) >= 11 is 11.9. The monoisotopic (exact) mass is 314 g/mol. The van der Waals surface area contributed by atoms with Gasteiger partial charge in [0.25, 0.3) is 0 Å². The van der Waals surface area contributed by atoms with Crippen LogP contribution in [0, 0.1) is 0 Å². The number of rotatable bonds is 5. The summed E-state index contributed by atoms with van der Waals surface area (Å²) in [5.74, 6) is -0.0776. The van der Waals surface area contributed by atoms with Gasteiger partial charge in [-0.2, -0.15) is 0 Å². The van der Waals surface area contributed by atoms with Crippen molar-refractivity contribution in [2.24, 2.45) is 0 Å². The van der Waals surface area contributed by atoms with Gasteiger partial charge in [-0.05, 0) is 30.5 Å². The van der Waals surface area contributed by atoms with Crippen molar-refractivity contribution >= 4 is 35.0 Å². The molecule has 0 saturated carbocycles. The van der Waals surface area contributed by atoms with E-state index in [-0.39, 0.29) is 18.4 Å². The molecule has 1 aliphatic heterocycles. The largest absolute Gasteiger partial charge is 0.354 e. The van der Waals surface area contributed by atoms with E-state index in [2.05, 4.69) is 5.32 Å². The van der Waals surface area contributed by atoms with Crippen molar-refractivity contribution < 1.29 is 9.59 Å². The maximum atomic E-state index is 11.7. The Bertz CT molecular complexity index is 520. The van der Waals surface area contributed by atoms with Crippen LogP contribution in [0.2, 0.25) is 10.0 Å². The summed E-state index contributed by atoms with van der Waals surface area (Å²) in [6.45, 7) is 1.31. The lowest BCUT2D eigenvalue weighted by Crippen LogP contribution is -2.38. The Morgan fingerprint density at radius 3 is 2.80 bits per heavy atom. The number of hydrogen-bond acceptors (Lipinski definition) is 2. The van der Waals surface area contributed by atoms with Crippen LogP contribution in [0.4, 0.5) is 0 Å². The van der Waals surface area contributed by atoms with Crippen LogP contribution in [0.3, 0.4) is 0 Å². The van der Waals surface area contributed by atoms with E-state index in [0.29, 0.717) is 36.0 Å². The van der Waals surface area contributed by atoms with E-state index in [1.54, 1.807) is 17.0 Å². The first-order valence-corrected chi connectivity index (χ1v) is 7.30. The fourth-order valence-electron chi connectivity index (χ4n) is 2.16. The number of hydrogen-bond donors (Lipinski definition) is 1. The smallest absolute Gasteiger partial charge is 0.239 e. The van der Waals surface area contributed by atoms with Crippen LogP contribution in [0.1, 0.15) is 18.4 Å². The molecule has 0 radical (unpaired) electrons. The van der Waals surface area contributed by atoms with E-state index in [4.69, 9.17) is 23.2 Å². The molecule has 1 N–H and O–H groups in total. The first-order chi connectivity index (χ1) is 9.56. The van der Waals surface area contributed by atoms with Gasteiger partial charge in [0.1, 0.15) is 0 Å². The third-order valence-corrected chi connectivity index (χ3v) is 3.82. The maximum absolute atomic E-state index is 11.7. The molecule has 108 valence electrons. The van der Waals surface area contributed by atoms with Crippen LogP contribution in [-0.2, 0) is 16.0 Å².